The molecule has 0 bridgehead atoms. The Bertz CT molecular complexity index is 1230. The normalized spacial score (nSPS) is 10.6. The van der Waals surface area contributed by atoms with Gasteiger partial charge in [0, 0.05) is 29.5 Å². The van der Waals surface area contributed by atoms with Crippen molar-refractivity contribution in [2.24, 2.45) is 0 Å². The molecule has 3 rings (SSSR count). The molecule has 178 valence electrons. The van der Waals surface area contributed by atoms with E-state index in [0.29, 0.717) is 27.3 Å². The number of nitrogens with two attached hydrogens (primary N) is 1. The fraction of sp³-hybridized carbons (Fsp3) is 0.200. The first-order valence-electron chi connectivity index (χ1n) is 9.63. The molecule has 0 aliphatic rings. The summed E-state index contributed by atoms with van der Waals surface area (Å²) in [6.45, 7) is 0.302. The number of ether oxygens (including phenoxy) is 2. The van der Waals surface area contributed by atoms with E-state index in [4.69, 9.17) is 43.8 Å². The number of esters is 1. The van der Waals surface area contributed by atoms with Crippen molar-refractivity contribution in [2.75, 3.05) is 30.5 Å². The molecule has 14 heteroatoms. The smallest absolute Gasteiger partial charge is 0.438 e. The highest BCUT2D eigenvalue weighted by molar-refractivity contribution is 8.76. The monoisotopic (exact) mass is 540 g/mol. The number of hydrogen-bond donors (Lipinski definition) is 2. The molecule has 0 radical (unpaired) electrons. The summed E-state index contributed by atoms with van der Waals surface area (Å²) in [5, 5.41) is 12.4. The van der Waals surface area contributed by atoms with E-state index in [0.717, 1.165) is 0 Å². The van der Waals surface area contributed by atoms with Crippen LogP contribution in [0.3, 0.4) is 0 Å². The van der Waals surface area contributed by atoms with Crippen molar-refractivity contribution in [1.29, 1.82) is 5.41 Å². The van der Waals surface area contributed by atoms with Gasteiger partial charge in [0.05, 0.1) is 15.6 Å². The van der Waals surface area contributed by atoms with Gasteiger partial charge in [0.15, 0.2) is 5.82 Å². The quantitative estimate of drug-likeness (QED) is 0.232. The Morgan fingerprint density at radius 2 is 1.82 bits per heavy atom. The van der Waals surface area contributed by atoms with Gasteiger partial charge in [0.25, 0.3) is 5.62 Å². The summed E-state index contributed by atoms with van der Waals surface area (Å²) >= 11 is 12.2. The van der Waals surface area contributed by atoms with Crippen LogP contribution in [0.4, 0.5) is 10.6 Å². The number of nitrogens with one attached hydrogen (secondary N) is 1. The number of nitrogens with zero attached hydrogens (tertiary/aromatic N) is 4. The van der Waals surface area contributed by atoms with Gasteiger partial charge in [-0.3, -0.25) is 10.4 Å². The van der Waals surface area contributed by atoms with Crippen molar-refractivity contribution >= 4 is 62.7 Å². The van der Waals surface area contributed by atoms with Crippen molar-refractivity contribution < 1.29 is 19.1 Å². The van der Waals surface area contributed by atoms with Crippen LogP contribution in [-0.2, 0) is 9.47 Å². The lowest BCUT2D eigenvalue weighted by Gasteiger charge is -2.11. The summed E-state index contributed by atoms with van der Waals surface area (Å²) in [5.74, 6) is 0.521. The molecule has 0 aliphatic carbocycles. The van der Waals surface area contributed by atoms with E-state index in [1.807, 2.05) is 0 Å². The number of anilines is 1. The largest absolute Gasteiger partial charge is 0.461 e. The highest BCUT2D eigenvalue weighted by Crippen LogP contribution is 2.33. The number of carbonyl (C=O) groups is 2. The van der Waals surface area contributed by atoms with Crippen molar-refractivity contribution in [1.82, 2.24) is 19.7 Å². The molecule has 0 fully saturated rings. The SMILES string of the molecule is N=c1nc(N)c(-c2cccc(Cl)c2Cl)nn1C(=O)OCCSSCCOC(=O)c1cccnc1. The lowest BCUT2D eigenvalue weighted by molar-refractivity contribution is 0.0530. The Balaban J connectivity index is 1.45. The molecule has 0 spiro atoms. The van der Waals surface area contributed by atoms with Crippen LogP contribution in [0.2, 0.25) is 10.0 Å². The Morgan fingerprint density at radius 3 is 2.53 bits per heavy atom. The third-order valence-electron chi connectivity index (χ3n) is 4.02. The maximum absolute atomic E-state index is 12.4. The third-order valence-corrected chi connectivity index (χ3v) is 7.17. The fourth-order valence-corrected chi connectivity index (χ4v) is 4.54. The predicted molar refractivity (Wildman–Crippen MR) is 132 cm³/mol. The number of aromatic nitrogens is 4. The minimum absolute atomic E-state index is 0.0672. The lowest BCUT2D eigenvalue weighted by atomic mass is 10.1. The van der Waals surface area contributed by atoms with E-state index < -0.39 is 17.7 Å². The van der Waals surface area contributed by atoms with Crippen molar-refractivity contribution in [2.45, 2.75) is 0 Å². The van der Waals surface area contributed by atoms with Crippen LogP contribution in [0, 0.1) is 5.41 Å². The number of hydrogen-bond acceptors (Lipinski definition) is 11. The van der Waals surface area contributed by atoms with Gasteiger partial charge in [-0.25, -0.2) is 9.59 Å². The van der Waals surface area contributed by atoms with E-state index in [-0.39, 0.29) is 34.8 Å². The van der Waals surface area contributed by atoms with Crippen LogP contribution >= 0.6 is 44.8 Å². The first-order valence-corrected chi connectivity index (χ1v) is 12.9. The van der Waals surface area contributed by atoms with Crippen LogP contribution in [0.25, 0.3) is 11.3 Å². The molecule has 0 saturated carbocycles. The Kier molecular flexibility index (Phi) is 9.57. The standard InChI is InChI=1S/C20H18Cl2N6O4S2/c21-14-5-1-4-13(15(14)22)16-17(23)26-19(24)28(27-16)20(30)32-8-10-34-33-9-7-31-18(29)12-3-2-6-25-11-12/h1-6,11H,7-10H2,(H3,23,24,26). The highest BCUT2D eigenvalue weighted by atomic mass is 35.5. The van der Waals surface area contributed by atoms with E-state index in [1.165, 1.54) is 27.8 Å². The van der Waals surface area contributed by atoms with Crippen molar-refractivity contribution in [3.63, 3.8) is 0 Å². The van der Waals surface area contributed by atoms with Crippen LogP contribution in [0.15, 0.2) is 42.7 Å². The summed E-state index contributed by atoms with van der Waals surface area (Å²) in [6, 6.07) is 8.16. The molecule has 3 aromatic rings. The Hall–Kier alpha value is -2.80. The summed E-state index contributed by atoms with van der Waals surface area (Å²) in [6.07, 6.45) is 2.14. The van der Waals surface area contributed by atoms with Crippen LogP contribution in [0.5, 0.6) is 0 Å². The number of nitrogen functional groups attached to an aromatic ring is 1. The third kappa shape index (κ3) is 6.86. The van der Waals surface area contributed by atoms with Gasteiger partial charge >= 0.3 is 12.1 Å². The summed E-state index contributed by atoms with van der Waals surface area (Å²) in [4.78, 5) is 31.9. The fourth-order valence-electron chi connectivity index (χ4n) is 2.50. The molecule has 3 N–H and O–H groups in total. The van der Waals surface area contributed by atoms with Crippen LogP contribution in [0.1, 0.15) is 10.4 Å². The topological polar surface area (TPSA) is 146 Å². The minimum atomic E-state index is -0.882. The Morgan fingerprint density at radius 1 is 1.09 bits per heavy atom. The van der Waals surface area contributed by atoms with Crippen molar-refractivity contribution in [3.8, 4) is 11.3 Å². The summed E-state index contributed by atoms with van der Waals surface area (Å²) < 4.78 is 11.0. The number of halogens is 2. The second-order valence-electron chi connectivity index (χ2n) is 6.32. The number of rotatable bonds is 9. The van der Waals surface area contributed by atoms with Gasteiger partial charge < -0.3 is 15.2 Å². The van der Waals surface area contributed by atoms with E-state index in [1.54, 1.807) is 36.5 Å². The molecular weight excluding hydrogens is 523 g/mol. The first-order chi connectivity index (χ1) is 16.4. The average Bonchev–Trinajstić information content (AvgIpc) is 2.83. The second kappa shape index (κ2) is 12.6. The van der Waals surface area contributed by atoms with Gasteiger partial charge in [-0.2, -0.15) is 10.1 Å². The summed E-state index contributed by atoms with van der Waals surface area (Å²) in [7, 11) is 2.90. The molecule has 0 amide bonds. The maximum atomic E-state index is 12.4. The molecule has 0 unspecified atom stereocenters. The van der Waals surface area contributed by atoms with Gasteiger partial charge in [-0.05, 0) is 18.2 Å². The lowest BCUT2D eigenvalue weighted by Crippen LogP contribution is -2.34. The average molecular weight is 541 g/mol. The molecule has 34 heavy (non-hydrogen) atoms. The zero-order valence-electron chi connectivity index (χ0n) is 17.4. The van der Waals surface area contributed by atoms with Crippen LogP contribution in [-0.4, -0.2) is 56.5 Å². The molecule has 0 aliphatic heterocycles. The van der Waals surface area contributed by atoms with Crippen LogP contribution < -0.4 is 11.4 Å². The van der Waals surface area contributed by atoms with E-state index in [2.05, 4.69) is 15.1 Å². The van der Waals surface area contributed by atoms with Gasteiger partial charge in [-0.1, -0.05) is 56.9 Å². The van der Waals surface area contributed by atoms with Gasteiger partial charge in [0.2, 0.25) is 0 Å². The molecular formula is C20H18Cl2N6O4S2. The molecule has 10 nitrogen and oxygen atoms in total. The molecule has 2 heterocycles. The van der Waals surface area contributed by atoms with E-state index in [9.17, 15) is 9.59 Å². The zero-order chi connectivity index (χ0) is 24.5. The number of benzene rings is 1. The van der Waals surface area contributed by atoms with Gasteiger partial charge in [-0.15, -0.1) is 4.68 Å². The zero-order valence-corrected chi connectivity index (χ0v) is 20.6. The van der Waals surface area contributed by atoms with Crippen molar-refractivity contribution in [3.05, 3.63) is 64.0 Å². The first kappa shape index (κ1) is 25.8. The predicted octanol–water partition coefficient (Wildman–Crippen LogP) is 3.93. The van der Waals surface area contributed by atoms with E-state index >= 15 is 0 Å². The van der Waals surface area contributed by atoms with Gasteiger partial charge in [0.1, 0.15) is 18.9 Å². The molecule has 1 aromatic carbocycles. The molecule has 0 atom stereocenters. The maximum Gasteiger partial charge on any atom is 0.438 e. The Labute approximate surface area is 212 Å². The highest BCUT2D eigenvalue weighted by Gasteiger charge is 2.17. The number of pyridine rings is 1. The molecule has 0 saturated heterocycles. The second-order valence-corrected chi connectivity index (χ2v) is 9.81. The number of carbonyl (C=O) groups excluding carboxylic acids is 2. The minimum Gasteiger partial charge on any atom is -0.461 e. The summed E-state index contributed by atoms with van der Waals surface area (Å²) in [5.41, 5.74) is 6.26. The molecule has 2 aromatic heterocycles.